The zero-order valence-corrected chi connectivity index (χ0v) is 22.6. The van der Waals surface area contributed by atoms with Gasteiger partial charge >= 0.3 is 0 Å². The van der Waals surface area contributed by atoms with Crippen LogP contribution in [0.3, 0.4) is 0 Å². The van der Waals surface area contributed by atoms with Crippen molar-refractivity contribution in [1.29, 1.82) is 0 Å². The largest absolute Gasteiger partial charge is 0.486 e. The maximum Gasteiger partial charge on any atom is 0.246 e. The molecule has 1 saturated carbocycles. The molecule has 37 heavy (non-hydrogen) atoms. The van der Waals surface area contributed by atoms with E-state index in [1.807, 2.05) is 6.20 Å². The van der Waals surface area contributed by atoms with Crippen molar-refractivity contribution in [2.24, 2.45) is 5.41 Å². The number of aromatic nitrogens is 2. The molecule has 4 N–H and O–H groups in total. The van der Waals surface area contributed by atoms with Gasteiger partial charge in [0.1, 0.15) is 18.0 Å². The monoisotopic (exact) mass is 510 g/mol. The fraction of sp³-hybridized carbons (Fsp3) is 0.586. The number of nitrogens with zero attached hydrogens (tertiary/aromatic N) is 1. The number of fused-ring (bicyclic) bond motifs is 1. The highest BCUT2D eigenvalue weighted by Crippen LogP contribution is 2.52. The van der Waals surface area contributed by atoms with Gasteiger partial charge in [0.2, 0.25) is 5.91 Å². The maximum absolute atomic E-state index is 12.1. The number of methoxy groups -OCH3 is 1. The first-order chi connectivity index (χ1) is 17.6. The van der Waals surface area contributed by atoms with Crippen molar-refractivity contribution in [3.8, 4) is 17.0 Å². The van der Waals surface area contributed by atoms with Crippen molar-refractivity contribution in [3.63, 3.8) is 0 Å². The Kier molecular flexibility index (Phi) is 8.41. The fourth-order valence-electron chi connectivity index (χ4n) is 5.48. The van der Waals surface area contributed by atoms with Gasteiger partial charge in [0.05, 0.1) is 30.4 Å². The molecule has 1 aromatic heterocycles. The van der Waals surface area contributed by atoms with E-state index in [0.29, 0.717) is 13.0 Å². The van der Waals surface area contributed by atoms with Gasteiger partial charge in [-0.05, 0) is 49.1 Å². The smallest absolute Gasteiger partial charge is 0.246 e. The molecule has 0 bridgehead atoms. The lowest BCUT2D eigenvalue weighted by Crippen LogP contribution is -2.52. The van der Waals surface area contributed by atoms with E-state index in [1.54, 1.807) is 12.4 Å². The second-order valence-corrected chi connectivity index (χ2v) is 11.8. The number of hydrogen-bond acceptors (Lipinski definition) is 6. The van der Waals surface area contributed by atoms with E-state index in [4.69, 9.17) is 9.47 Å². The summed E-state index contributed by atoms with van der Waals surface area (Å²) in [7, 11) is 1.48. The van der Waals surface area contributed by atoms with Gasteiger partial charge < -0.3 is 30.2 Å². The van der Waals surface area contributed by atoms with E-state index < -0.39 is 12.1 Å². The van der Waals surface area contributed by atoms with E-state index in [2.05, 4.69) is 60.1 Å². The average molecular weight is 511 g/mol. The summed E-state index contributed by atoms with van der Waals surface area (Å²) < 4.78 is 11.7. The first-order valence-corrected chi connectivity index (χ1v) is 13.3. The summed E-state index contributed by atoms with van der Waals surface area (Å²) in [5, 5.41) is 17.5. The Bertz CT molecular complexity index is 1070. The van der Waals surface area contributed by atoms with Crippen molar-refractivity contribution in [1.82, 2.24) is 20.6 Å². The molecular weight excluding hydrogens is 468 g/mol. The molecule has 0 unspecified atom stereocenters. The third-order valence-corrected chi connectivity index (χ3v) is 7.32. The number of aliphatic hydroxyl groups excluding tert-OH is 1. The molecule has 202 valence electrons. The normalized spacial score (nSPS) is 19.9. The minimum atomic E-state index is -0.785. The van der Waals surface area contributed by atoms with E-state index in [-0.39, 0.29) is 29.6 Å². The molecule has 2 aliphatic rings. The molecule has 1 spiro atoms. The quantitative estimate of drug-likeness (QED) is 0.340. The highest BCUT2D eigenvalue weighted by Gasteiger charge is 2.46. The number of nitrogens with one attached hydrogen (secondary N) is 3. The van der Waals surface area contributed by atoms with Crippen LogP contribution in [0.15, 0.2) is 37.3 Å². The number of ether oxygens (including phenoxy) is 2. The van der Waals surface area contributed by atoms with Gasteiger partial charge in [0.15, 0.2) is 0 Å². The maximum atomic E-state index is 12.1. The lowest BCUT2D eigenvalue weighted by Gasteiger charge is -2.49. The number of rotatable bonds is 11. The molecule has 8 heteroatoms. The average Bonchev–Trinajstić information content (AvgIpc) is 3.34. The highest BCUT2D eigenvalue weighted by atomic mass is 16.5. The van der Waals surface area contributed by atoms with Crippen LogP contribution in [0.25, 0.3) is 11.3 Å². The summed E-state index contributed by atoms with van der Waals surface area (Å²) in [6.45, 7) is 10.8. The second-order valence-electron chi connectivity index (χ2n) is 11.8. The molecule has 2 heterocycles. The Balaban J connectivity index is 1.63. The predicted octanol–water partition coefficient (Wildman–Crippen LogP) is 4.07. The third kappa shape index (κ3) is 6.61. The number of H-pyrrole nitrogens is 1. The molecule has 1 aromatic carbocycles. The number of amides is 1. The molecule has 8 nitrogen and oxygen atoms in total. The number of imidazole rings is 1. The van der Waals surface area contributed by atoms with Crippen LogP contribution in [0, 0.1) is 5.41 Å². The standard InChI is InChI=1S/C29H42N4O4/c1-6-8-22(33-26(35)17-36-5)25(34)16-31-23-14-29(9-7-10-29)37-27-20(23)11-19(13-28(2,3)4)12-21(27)24-15-30-18-32-24/h6,11-12,15,18,22-23,25,31,34H,1,7-10,13-14,16-17H2,2-5H3,(H,30,32)(H,33,35)/t22-,23-,25+/m0/s1. The number of aromatic amines is 1. The Morgan fingerprint density at radius 2 is 2.19 bits per heavy atom. The molecule has 0 saturated heterocycles. The van der Waals surface area contributed by atoms with Crippen molar-refractivity contribution >= 4 is 5.91 Å². The number of hydrogen-bond donors (Lipinski definition) is 4. The van der Waals surface area contributed by atoms with Crippen LogP contribution in [0.5, 0.6) is 5.75 Å². The number of carbonyl (C=O) groups is 1. The summed E-state index contributed by atoms with van der Waals surface area (Å²) in [6, 6.07) is 4.06. The topological polar surface area (TPSA) is 108 Å². The van der Waals surface area contributed by atoms with E-state index >= 15 is 0 Å². The molecule has 4 rings (SSSR count). The molecule has 1 fully saturated rings. The van der Waals surface area contributed by atoms with Crippen LogP contribution in [0.2, 0.25) is 0 Å². The Morgan fingerprint density at radius 3 is 2.78 bits per heavy atom. The number of benzene rings is 1. The summed E-state index contributed by atoms with van der Waals surface area (Å²) in [5.74, 6) is 0.644. The highest BCUT2D eigenvalue weighted by molar-refractivity contribution is 5.77. The van der Waals surface area contributed by atoms with Gasteiger partial charge in [0, 0.05) is 37.2 Å². The van der Waals surface area contributed by atoms with Gasteiger partial charge in [0.25, 0.3) is 0 Å². The molecule has 3 atom stereocenters. The van der Waals surface area contributed by atoms with Crippen LogP contribution in [0.4, 0.5) is 0 Å². The lowest BCUT2D eigenvalue weighted by molar-refractivity contribution is -0.126. The van der Waals surface area contributed by atoms with Crippen LogP contribution in [0.1, 0.15) is 70.0 Å². The van der Waals surface area contributed by atoms with Crippen molar-refractivity contribution in [2.75, 3.05) is 20.3 Å². The minimum Gasteiger partial charge on any atom is -0.486 e. The summed E-state index contributed by atoms with van der Waals surface area (Å²) >= 11 is 0. The first-order valence-electron chi connectivity index (χ1n) is 13.3. The molecule has 0 radical (unpaired) electrons. The molecule has 1 aliphatic heterocycles. The van der Waals surface area contributed by atoms with Crippen LogP contribution in [-0.2, 0) is 16.0 Å². The summed E-state index contributed by atoms with van der Waals surface area (Å²) in [5.41, 5.74) is 4.26. The van der Waals surface area contributed by atoms with E-state index in [9.17, 15) is 9.90 Å². The zero-order chi connectivity index (χ0) is 26.6. The van der Waals surface area contributed by atoms with Crippen LogP contribution >= 0.6 is 0 Å². The Labute approximate surface area is 220 Å². The van der Waals surface area contributed by atoms with Crippen molar-refractivity contribution in [3.05, 3.63) is 48.4 Å². The second kappa shape index (κ2) is 11.4. The van der Waals surface area contributed by atoms with Crippen molar-refractivity contribution < 1.29 is 19.4 Å². The van der Waals surface area contributed by atoms with Gasteiger partial charge in [-0.15, -0.1) is 6.58 Å². The van der Waals surface area contributed by atoms with Gasteiger partial charge in [-0.3, -0.25) is 4.79 Å². The van der Waals surface area contributed by atoms with E-state index in [1.165, 1.54) is 12.7 Å². The SMILES string of the molecule is C=CC[C@H](NC(=O)COC)[C@H](O)CN[C@H]1CC2(CCC2)Oc2c(-c3cnc[nH]3)cc(CC(C)(C)C)cc21. The lowest BCUT2D eigenvalue weighted by atomic mass is 9.72. The summed E-state index contributed by atoms with van der Waals surface area (Å²) in [4.78, 5) is 19.6. The van der Waals surface area contributed by atoms with Gasteiger partial charge in [-0.25, -0.2) is 4.98 Å². The number of carbonyl (C=O) groups excluding carboxylic acids is 1. The third-order valence-electron chi connectivity index (χ3n) is 7.32. The molecular formula is C29H42N4O4. The van der Waals surface area contributed by atoms with Gasteiger partial charge in [-0.1, -0.05) is 32.9 Å². The molecule has 1 aliphatic carbocycles. The Hall–Kier alpha value is -2.68. The Morgan fingerprint density at radius 1 is 1.41 bits per heavy atom. The molecule has 1 amide bonds. The van der Waals surface area contributed by atoms with Crippen LogP contribution in [-0.4, -0.2) is 59.0 Å². The van der Waals surface area contributed by atoms with Crippen LogP contribution < -0.4 is 15.4 Å². The van der Waals surface area contributed by atoms with Crippen molar-refractivity contribution in [2.45, 2.75) is 83.1 Å². The molecule has 2 aromatic rings. The van der Waals surface area contributed by atoms with E-state index in [0.717, 1.165) is 54.7 Å². The fourth-order valence-corrected chi connectivity index (χ4v) is 5.48. The predicted molar refractivity (Wildman–Crippen MR) is 144 cm³/mol. The van der Waals surface area contributed by atoms with Gasteiger partial charge in [-0.2, -0.15) is 0 Å². The number of aliphatic hydroxyl groups is 1. The summed E-state index contributed by atoms with van der Waals surface area (Å²) in [6.07, 6.45) is 9.89. The minimum absolute atomic E-state index is 0.0133. The zero-order valence-electron chi connectivity index (χ0n) is 22.6. The first kappa shape index (κ1) is 27.4.